The maximum absolute atomic E-state index is 13.6. The van der Waals surface area contributed by atoms with Crippen molar-refractivity contribution in [3.05, 3.63) is 35.1 Å². The molecule has 0 spiro atoms. The Morgan fingerprint density at radius 2 is 1.21 bits per heavy atom. The van der Waals surface area contributed by atoms with Crippen LogP contribution in [0.5, 0.6) is 0 Å². The van der Waals surface area contributed by atoms with Crippen LogP contribution in [-0.4, -0.2) is 21.3 Å². The maximum Gasteiger partial charge on any atom is 0.278 e. The Hall–Kier alpha value is -1.11. The number of hydrogen-bond donors (Lipinski definition) is 3. The molecule has 0 amide bonds. The second kappa shape index (κ2) is 13.2. The summed E-state index contributed by atoms with van der Waals surface area (Å²) >= 11 is 0. The molecule has 0 saturated heterocycles. The highest BCUT2D eigenvalue weighted by atomic mass is 19.2. The zero-order valence-corrected chi connectivity index (χ0v) is 16.9. The highest BCUT2D eigenvalue weighted by molar-refractivity contribution is 5.20. The van der Waals surface area contributed by atoms with Gasteiger partial charge in [-0.25, -0.2) is 13.2 Å². The minimum atomic E-state index is -2.65. The van der Waals surface area contributed by atoms with Crippen molar-refractivity contribution in [2.45, 2.75) is 96.4 Å². The average Bonchev–Trinajstić information content (AvgIpc) is 2.62. The summed E-state index contributed by atoms with van der Waals surface area (Å²) in [5.41, 5.74) is 0.167. The van der Waals surface area contributed by atoms with Crippen LogP contribution in [0, 0.1) is 23.4 Å². The molecule has 0 aliphatic heterocycles. The van der Waals surface area contributed by atoms with E-state index in [1.54, 1.807) is 0 Å². The third-order valence-corrected chi connectivity index (χ3v) is 5.29. The van der Waals surface area contributed by atoms with Gasteiger partial charge in [0.15, 0.2) is 11.6 Å². The standard InChI is InChI=1S/C22H35F3O3/c1-2-3-4-5-6-10-13-18(22(26,27)28)14-11-8-7-9-12-17-15-20(24)21(25)16-19(17)23/h15-16,18,26-28H,2-14H2,1H3. The van der Waals surface area contributed by atoms with Gasteiger partial charge in [0.2, 0.25) is 0 Å². The van der Waals surface area contributed by atoms with Crippen LogP contribution in [0.2, 0.25) is 0 Å². The van der Waals surface area contributed by atoms with Gasteiger partial charge < -0.3 is 15.3 Å². The summed E-state index contributed by atoms with van der Waals surface area (Å²) in [7, 11) is 0. The Labute approximate surface area is 166 Å². The highest BCUT2D eigenvalue weighted by Crippen LogP contribution is 2.26. The minimum Gasteiger partial charge on any atom is -0.343 e. The fraction of sp³-hybridized carbons (Fsp3) is 0.727. The molecule has 0 aliphatic carbocycles. The van der Waals surface area contributed by atoms with Crippen LogP contribution in [0.3, 0.4) is 0 Å². The van der Waals surface area contributed by atoms with Crippen molar-refractivity contribution < 1.29 is 28.5 Å². The van der Waals surface area contributed by atoms with Crippen molar-refractivity contribution in [2.24, 2.45) is 5.92 Å². The van der Waals surface area contributed by atoms with Crippen molar-refractivity contribution in [3.63, 3.8) is 0 Å². The predicted molar refractivity (Wildman–Crippen MR) is 104 cm³/mol. The third-order valence-electron chi connectivity index (χ3n) is 5.29. The van der Waals surface area contributed by atoms with Crippen LogP contribution in [0.15, 0.2) is 12.1 Å². The Balaban J connectivity index is 2.24. The van der Waals surface area contributed by atoms with Gasteiger partial charge in [-0.05, 0) is 37.3 Å². The van der Waals surface area contributed by atoms with Crippen molar-refractivity contribution in [1.29, 1.82) is 0 Å². The van der Waals surface area contributed by atoms with Crippen LogP contribution < -0.4 is 0 Å². The predicted octanol–water partition coefficient (Wildman–Crippen LogP) is 5.59. The van der Waals surface area contributed by atoms with E-state index in [1.807, 2.05) is 0 Å². The van der Waals surface area contributed by atoms with Crippen molar-refractivity contribution in [2.75, 3.05) is 0 Å². The molecule has 0 aliphatic rings. The smallest absolute Gasteiger partial charge is 0.278 e. The average molecular weight is 405 g/mol. The van der Waals surface area contributed by atoms with E-state index in [0.717, 1.165) is 38.2 Å². The van der Waals surface area contributed by atoms with Crippen molar-refractivity contribution in [1.82, 2.24) is 0 Å². The maximum atomic E-state index is 13.6. The van der Waals surface area contributed by atoms with Gasteiger partial charge in [0, 0.05) is 12.0 Å². The molecule has 1 atom stereocenters. The third kappa shape index (κ3) is 9.89. The molecule has 0 fully saturated rings. The molecule has 28 heavy (non-hydrogen) atoms. The lowest BCUT2D eigenvalue weighted by molar-refractivity contribution is -0.344. The fourth-order valence-electron chi connectivity index (χ4n) is 3.52. The van der Waals surface area contributed by atoms with Gasteiger partial charge in [0.05, 0.1) is 0 Å². The second-order valence-corrected chi connectivity index (χ2v) is 7.75. The number of benzene rings is 1. The van der Waals surface area contributed by atoms with Crippen LogP contribution >= 0.6 is 0 Å². The molecule has 0 bridgehead atoms. The molecular formula is C22H35F3O3. The van der Waals surface area contributed by atoms with E-state index >= 15 is 0 Å². The molecule has 1 aromatic carbocycles. The minimum absolute atomic E-state index is 0.167. The molecule has 1 rings (SSSR count). The molecule has 6 heteroatoms. The van der Waals surface area contributed by atoms with Crippen LogP contribution in [-0.2, 0) is 6.42 Å². The largest absolute Gasteiger partial charge is 0.343 e. The Bertz CT molecular complexity index is 559. The molecule has 3 N–H and O–H groups in total. The first-order chi connectivity index (χ1) is 13.3. The number of rotatable bonds is 15. The van der Waals surface area contributed by atoms with Crippen LogP contribution in [0.25, 0.3) is 0 Å². The topological polar surface area (TPSA) is 60.7 Å². The molecule has 0 saturated carbocycles. The van der Waals surface area contributed by atoms with Crippen LogP contribution in [0.1, 0.15) is 89.5 Å². The van der Waals surface area contributed by atoms with Crippen molar-refractivity contribution >= 4 is 0 Å². The summed E-state index contributed by atoms with van der Waals surface area (Å²) in [5.74, 6) is -6.19. The van der Waals surface area contributed by atoms with Gasteiger partial charge in [-0.3, -0.25) is 0 Å². The van der Waals surface area contributed by atoms with E-state index < -0.39 is 29.3 Å². The van der Waals surface area contributed by atoms with Crippen molar-refractivity contribution in [3.8, 4) is 0 Å². The van der Waals surface area contributed by atoms with E-state index in [4.69, 9.17) is 0 Å². The molecule has 1 unspecified atom stereocenters. The van der Waals surface area contributed by atoms with E-state index in [0.29, 0.717) is 38.2 Å². The number of aliphatic hydroxyl groups is 3. The highest BCUT2D eigenvalue weighted by Gasteiger charge is 2.30. The molecule has 3 nitrogen and oxygen atoms in total. The van der Waals surface area contributed by atoms with Gasteiger partial charge >= 0.3 is 0 Å². The number of hydrogen-bond acceptors (Lipinski definition) is 3. The van der Waals surface area contributed by atoms with E-state index in [9.17, 15) is 28.5 Å². The molecule has 1 aromatic rings. The van der Waals surface area contributed by atoms with Gasteiger partial charge in [0.25, 0.3) is 5.97 Å². The first-order valence-electron chi connectivity index (χ1n) is 10.6. The second-order valence-electron chi connectivity index (χ2n) is 7.75. The lowest BCUT2D eigenvalue weighted by Crippen LogP contribution is -2.37. The first kappa shape index (κ1) is 24.9. The van der Waals surface area contributed by atoms with E-state index in [2.05, 4.69) is 6.92 Å². The quantitative estimate of drug-likeness (QED) is 0.203. The summed E-state index contributed by atoms with van der Waals surface area (Å²) < 4.78 is 39.6. The normalized spacial score (nSPS) is 13.1. The Kier molecular flexibility index (Phi) is 11.7. The zero-order valence-electron chi connectivity index (χ0n) is 16.9. The number of aryl methyl sites for hydroxylation is 1. The Morgan fingerprint density at radius 3 is 1.79 bits per heavy atom. The molecular weight excluding hydrogens is 369 g/mol. The van der Waals surface area contributed by atoms with Gasteiger partial charge in [-0.1, -0.05) is 64.7 Å². The Morgan fingerprint density at radius 1 is 0.714 bits per heavy atom. The lowest BCUT2D eigenvalue weighted by Gasteiger charge is -2.26. The number of halogens is 3. The summed E-state index contributed by atoms with van der Waals surface area (Å²) in [5, 5.41) is 28.7. The SMILES string of the molecule is CCCCCCCCC(CCCCCCc1cc(F)c(F)cc1F)C(O)(O)O. The van der Waals surface area contributed by atoms with E-state index in [1.165, 1.54) is 19.3 Å². The van der Waals surface area contributed by atoms with Gasteiger partial charge in [-0.15, -0.1) is 0 Å². The van der Waals surface area contributed by atoms with Crippen LogP contribution in [0.4, 0.5) is 13.2 Å². The van der Waals surface area contributed by atoms with Gasteiger partial charge in [0.1, 0.15) is 5.82 Å². The summed E-state index contributed by atoms with van der Waals surface area (Å²) in [6.07, 6.45) is 10.9. The molecule has 0 heterocycles. The molecule has 0 radical (unpaired) electrons. The lowest BCUT2D eigenvalue weighted by atomic mass is 9.92. The first-order valence-corrected chi connectivity index (χ1v) is 10.6. The zero-order chi connectivity index (χ0) is 21.0. The summed E-state index contributed by atoms with van der Waals surface area (Å²) in [6.45, 7) is 2.15. The van der Waals surface area contributed by atoms with Gasteiger partial charge in [-0.2, -0.15) is 0 Å². The molecule has 0 aromatic heterocycles. The monoisotopic (exact) mass is 404 g/mol. The molecule has 162 valence electrons. The number of unbranched alkanes of at least 4 members (excludes halogenated alkanes) is 8. The summed E-state index contributed by atoms with van der Waals surface area (Å²) in [6, 6.07) is 1.47. The fourth-order valence-corrected chi connectivity index (χ4v) is 3.52. The van der Waals surface area contributed by atoms with E-state index in [-0.39, 0.29) is 5.56 Å². The summed E-state index contributed by atoms with van der Waals surface area (Å²) in [4.78, 5) is 0.